The van der Waals surface area contributed by atoms with Crippen LogP contribution >= 0.6 is 0 Å². The Labute approximate surface area is 100 Å². The van der Waals surface area contributed by atoms with E-state index in [9.17, 15) is 9.59 Å². The van der Waals surface area contributed by atoms with E-state index in [4.69, 9.17) is 9.94 Å². The van der Waals surface area contributed by atoms with E-state index >= 15 is 0 Å². The number of amides is 1. The van der Waals surface area contributed by atoms with E-state index < -0.39 is 11.8 Å². The van der Waals surface area contributed by atoms with Crippen LogP contribution in [0.25, 0.3) is 0 Å². The third-order valence-corrected chi connectivity index (χ3v) is 4.14. The minimum atomic E-state index is -0.459. The third-order valence-electron chi connectivity index (χ3n) is 4.14. The molecule has 1 amide bonds. The second-order valence-electron chi connectivity index (χ2n) is 5.18. The second kappa shape index (κ2) is 4.74. The zero-order valence-electron chi connectivity index (χ0n) is 10.1. The molecule has 1 heterocycles. The number of carbonyl (C=O) groups excluding carboxylic acids is 2. The van der Waals surface area contributed by atoms with Gasteiger partial charge in [0.15, 0.2) is 0 Å². The maximum Gasteiger partial charge on any atom is 0.247 e. The fourth-order valence-electron chi connectivity index (χ4n) is 3.22. The lowest BCUT2D eigenvalue weighted by molar-refractivity contribution is -0.147. The lowest BCUT2D eigenvalue weighted by Crippen LogP contribution is -2.46. The summed E-state index contributed by atoms with van der Waals surface area (Å²) in [4.78, 5) is 23.2. The molecule has 2 aliphatic rings. The van der Waals surface area contributed by atoms with Crippen LogP contribution < -0.4 is 5.48 Å². The average molecular weight is 241 g/mol. The minimum Gasteiger partial charge on any atom is -0.375 e. The smallest absolute Gasteiger partial charge is 0.247 e. The molecule has 0 aromatic rings. The molecule has 1 unspecified atom stereocenters. The van der Waals surface area contributed by atoms with Gasteiger partial charge in [-0.2, -0.15) is 0 Å². The van der Waals surface area contributed by atoms with Crippen molar-refractivity contribution in [1.82, 2.24) is 5.48 Å². The molecule has 2 N–H and O–H groups in total. The molecule has 5 nitrogen and oxygen atoms in total. The summed E-state index contributed by atoms with van der Waals surface area (Å²) in [6, 6.07) is 0. The van der Waals surface area contributed by atoms with E-state index in [1.165, 1.54) is 6.92 Å². The van der Waals surface area contributed by atoms with Crippen molar-refractivity contribution in [2.45, 2.75) is 44.6 Å². The Bertz CT molecular complexity index is 322. The molecule has 3 atom stereocenters. The predicted octanol–water partition coefficient (Wildman–Crippen LogP) is 1.05. The summed E-state index contributed by atoms with van der Waals surface area (Å²) in [5.74, 6) is -1.17. The van der Waals surface area contributed by atoms with Crippen LogP contribution in [0.4, 0.5) is 0 Å². The monoisotopic (exact) mass is 241 g/mol. The highest BCUT2D eigenvalue weighted by atomic mass is 16.5. The first-order valence-electron chi connectivity index (χ1n) is 6.16. The van der Waals surface area contributed by atoms with Crippen LogP contribution in [0, 0.1) is 11.8 Å². The minimum absolute atomic E-state index is 0.0199. The standard InChI is InChI=1S/C12H19NO4/c1-8(14)9-3-5-12(4-2-6-17-12)7-10(9)11(15)13-16/h9-10,16H,2-7H2,1H3,(H,13,15)/t9-,10+,12?/m1/s1. The van der Waals surface area contributed by atoms with E-state index in [1.54, 1.807) is 5.48 Å². The maximum atomic E-state index is 11.7. The molecular formula is C12H19NO4. The number of ketones is 1. The molecule has 1 saturated carbocycles. The average Bonchev–Trinajstić information content (AvgIpc) is 2.76. The Morgan fingerprint density at radius 3 is 2.65 bits per heavy atom. The lowest BCUT2D eigenvalue weighted by Gasteiger charge is -2.40. The normalized spacial score (nSPS) is 37.1. The summed E-state index contributed by atoms with van der Waals surface area (Å²) >= 11 is 0. The summed E-state index contributed by atoms with van der Waals surface area (Å²) in [6.45, 7) is 2.24. The number of hydroxylamine groups is 1. The summed E-state index contributed by atoms with van der Waals surface area (Å²) < 4.78 is 5.76. The van der Waals surface area contributed by atoms with Crippen molar-refractivity contribution in [3.63, 3.8) is 0 Å². The van der Waals surface area contributed by atoms with Gasteiger partial charge in [-0.05, 0) is 39.0 Å². The van der Waals surface area contributed by atoms with E-state index in [-0.39, 0.29) is 17.3 Å². The molecule has 2 fully saturated rings. The van der Waals surface area contributed by atoms with Crippen molar-refractivity contribution in [1.29, 1.82) is 0 Å². The molecule has 1 spiro atoms. The van der Waals surface area contributed by atoms with Crippen LogP contribution in [0.15, 0.2) is 0 Å². The topological polar surface area (TPSA) is 75.6 Å². The van der Waals surface area contributed by atoms with Gasteiger partial charge < -0.3 is 4.74 Å². The highest BCUT2D eigenvalue weighted by Gasteiger charge is 2.47. The Hall–Kier alpha value is -0.940. The van der Waals surface area contributed by atoms with Gasteiger partial charge in [-0.3, -0.25) is 14.8 Å². The third kappa shape index (κ3) is 2.35. The Morgan fingerprint density at radius 2 is 2.12 bits per heavy atom. The molecule has 5 heteroatoms. The van der Waals surface area contributed by atoms with Gasteiger partial charge >= 0.3 is 0 Å². The highest BCUT2D eigenvalue weighted by Crippen LogP contribution is 2.44. The summed E-state index contributed by atoms with van der Waals surface area (Å²) in [6.07, 6.45) is 4.02. The molecule has 1 aliphatic heterocycles. The molecule has 0 aromatic carbocycles. The van der Waals surface area contributed by atoms with E-state index in [0.717, 1.165) is 25.9 Å². The molecule has 0 bridgehead atoms. The summed E-state index contributed by atoms with van der Waals surface area (Å²) in [5, 5.41) is 8.77. The zero-order chi connectivity index (χ0) is 12.5. The molecule has 0 radical (unpaired) electrons. The van der Waals surface area contributed by atoms with Gasteiger partial charge in [-0.25, -0.2) is 5.48 Å². The molecule has 2 rings (SSSR count). The van der Waals surface area contributed by atoms with Crippen molar-refractivity contribution in [2.75, 3.05) is 6.61 Å². The van der Waals surface area contributed by atoms with Gasteiger partial charge in [0, 0.05) is 12.5 Å². The van der Waals surface area contributed by atoms with Crippen molar-refractivity contribution in [3.8, 4) is 0 Å². The fraction of sp³-hybridized carbons (Fsp3) is 0.833. The lowest BCUT2D eigenvalue weighted by atomic mass is 9.69. The molecule has 1 saturated heterocycles. The van der Waals surface area contributed by atoms with Crippen molar-refractivity contribution in [3.05, 3.63) is 0 Å². The molecule has 0 aromatic heterocycles. The molecule has 17 heavy (non-hydrogen) atoms. The molecule has 96 valence electrons. The van der Waals surface area contributed by atoms with Crippen LogP contribution in [0.3, 0.4) is 0 Å². The fourth-order valence-corrected chi connectivity index (χ4v) is 3.22. The van der Waals surface area contributed by atoms with Crippen LogP contribution in [-0.2, 0) is 14.3 Å². The van der Waals surface area contributed by atoms with Crippen LogP contribution in [0.1, 0.15) is 39.0 Å². The van der Waals surface area contributed by atoms with Crippen LogP contribution in [0.2, 0.25) is 0 Å². The number of carbonyl (C=O) groups is 2. The van der Waals surface area contributed by atoms with Gasteiger partial charge in [0.25, 0.3) is 0 Å². The van der Waals surface area contributed by atoms with Gasteiger partial charge in [0.05, 0.1) is 11.5 Å². The Morgan fingerprint density at radius 1 is 1.35 bits per heavy atom. The van der Waals surface area contributed by atoms with Crippen molar-refractivity contribution in [2.24, 2.45) is 11.8 Å². The SMILES string of the molecule is CC(=O)[C@H]1CCC2(CCCO2)C[C@@H]1C(=O)NO. The van der Waals surface area contributed by atoms with E-state index in [0.29, 0.717) is 12.8 Å². The van der Waals surface area contributed by atoms with Gasteiger partial charge in [0.1, 0.15) is 5.78 Å². The van der Waals surface area contributed by atoms with Crippen molar-refractivity contribution >= 4 is 11.7 Å². The summed E-state index contributed by atoms with van der Waals surface area (Å²) in [5.41, 5.74) is 1.45. The number of ether oxygens (including phenoxy) is 1. The van der Waals surface area contributed by atoms with Crippen LogP contribution in [-0.4, -0.2) is 29.1 Å². The van der Waals surface area contributed by atoms with Crippen LogP contribution in [0.5, 0.6) is 0 Å². The van der Waals surface area contributed by atoms with Gasteiger partial charge in [-0.1, -0.05) is 0 Å². The number of Topliss-reactive ketones (excluding diaryl/α,β-unsaturated/α-hetero) is 1. The first kappa shape index (κ1) is 12.5. The first-order valence-corrected chi connectivity index (χ1v) is 6.16. The van der Waals surface area contributed by atoms with E-state index in [2.05, 4.69) is 0 Å². The van der Waals surface area contributed by atoms with E-state index in [1.807, 2.05) is 0 Å². The Balaban J connectivity index is 2.15. The van der Waals surface area contributed by atoms with Gasteiger partial charge in [0.2, 0.25) is 5.91 Å². The number of rotatable bonds is 2. The highest BCUT2D eigenvalue weighted by molar-refractivity contribution is 5.87. The number of hydrogen-bond donors (Lipinski definition) is 2. The summed E-state index contributed by atoms with van der Waals surface area (Å²) in [7, 11) is 0. The zero-order valence-corrected chi connectivity index (χ0v) is 10.1. The quantitative estimate of drug-likeness (QED) is 0.559. The predicted molar refractivity (Wildman–Crippen MR) is 59.4 cm³/mol. The maximum absolute atomic E-state index is 11.7. The number of hydrogen-bond acceptors (Lipinski definition) is 4. The Kier molecular flexibility index (Phi) is 3.49. The first-order chi connectivity index (χ1) is 8.08. The molecular weight excluding hydrogens is 222 g/mol. The van der Waals surface area contributed by atoms with Gasteiger partial charge in [-0.15, -0.1) is 0 Å². The van der Waals surface area contributed by atoms with Crippen molar-refractivity contribution < 1.29 is 19.5 Å². The largest absolute Gasteiger partial charge is 0.375 e. The molecule has 1 aliphatic carbocycles. The number of nitrogens with one attached hydrogen (secondary N) is 1. The second-order valence-corrected chi connectivity index (χ2v) is 5.18.